The summed E-state index contributed by atoms with van der Waals surface area (Å²) in [5.74, 6) is 0. The minimum absolute atomic E-state index is 1.20. The third-order valence-electron chi connectivity index (χ3n) is 7.32. The van der Waals surface area contributed by atoms with Crippen molar-refractivity contribution in [3.8, 4) is 5.69 Å². The van der Waals surface area contributed by atoms with Gasteiger partial charge in [0.2, 0.25) is 0 Å². The molecular formula is C31H20N2S. The first kappa shape index (κ1) is 18.4. The molecule has 0 bridgehead atoms. The molecule has 0 radical (unpaired) electrons. The summed E-state index contributed by atoms with van der Waals surface area (Å²) in [5, 5.41) is 8.00. The molecule has 160 valence electrons. The molecule has 0 saturated carbocycles. The third kappa shape index (κ3) is 2.25. The molecule has 3 heterocycles. The number of para-hydroxylation sites is 3. The first-order valence-corrected chi connectivity index (χ1v) is 12.4. The summed E-state index contributed by atoms with van der Waals surface area (Å²) < 4.78 is 7.46. The predicted octanol–water partition coefficient (Wildman–Crippen LogP) is 8.80. The van der Waals surface area contributed by atoms with Gasteiger partial charge in [-0.2, -0.15) is 0 Å². The van der Waals surface area contributed by atoms with E-state index in [1.807, 2.05) is 11.3 Å². The lowest BCUT2D eigenvalue weighted by molar-refractivity contribution is 1.01. The highest BCUT2D eigenvalue weighted by Gasteiger charge is 2.18. The Hall–Kier alpha value is -4.08. The summed E-state index contributed by atoms with van der Waals surface area (Å²) >= 11 is 1.93. The number of hydrogen-bond donors (Lipinski definition) is 0. The fourth-order valence-electron chi connectivity index (χ4n) is 5.79. The molecule has 0 unspecified atom stereocenters. The van der Waals surface area contributed by atoms with Crippen LogP contribution in [0.4, 0.5) is 0 Å². The summed E-state index contributed by atoms with van der Waals surface area (Å²) in [6.07, 6.45) is 0. The lowest BCUT2D eigenvalue weighted by Gasteiger charge is -2.07. The van der Waals surface area contributed by atoms with Crippen LogP contribution < -0.4 is 0 Å². The van der Waals surface area contributed by atoms with E-state index < -0.39 is 0 Å². The van der Waals surface area contributed by atoms with Gasteiger partial charge in [-0.3, -0.25) is 0 Å². The van der Waals surface area contributed by atoms with E-state index in [-0.39, 0.29) is 0 Å². The Kier molecular flexibility index (Phi) is 3.51. The molecule has 0 N–H and O–H groups in total. The molecule has 8 rings (SSSR count). The molecule has 0 aliphatic heterocycles. The molecule has 34 heavy (non-hydrogen) atoms. The van der Waals surface area contributed by atoms with Crippen LogP contribution in [0.2, 0.25) is 0 Å². The molecule has 2 nitrogen and oxygen atoms in total. The topological polar surface area (TPSA) is 9.86 Å². The van der Waals surface area contributed by atoms with Gasteiger partial charge in [-0.05, 0) is 42.5 Å². The molecule has 8 aromatic rings. The largest absolute Gasteiger partial charge is 0.344 e. The van der Waals surface area contributed by atoms with Gasteiger partial charge in [-0.25, -0.2) is 0 Å². The van der Waals surface area contributed by atoms with E-state index in [9.17, 15) is 0 Å². The van der Waals surface area contributed by atoms with Crippen LogP contribution >= 0.6 is 11.3 Å². The molecule has 0 atom stereocenters. The van der Waals surface area contributed by atoms with Crippen LogP contribution in [0.3, 0.4) is 0 Å². The van der Waals surface area contributed by atoms with Crippen LogP contribution in [-0.4, -0.2) is 9.13 Å². The third-order valence-corrected chi connectivity index (χ3v) is 8.51. The average Bonchev–Trinajstić information content (AvgIpc) is 3.51. The SMILES string of the molecule is Cn1c2ccccc2c2c3sc4cc5c6ccccc6n(-c6ccccc6)c5cc4c3ccc21. The fraction of sp³-hybridized carbons (Fsp3) is 0.0323. The van der Waals surface area contributed by atoms with Gasteiger partial charge in [0, 0.05) is 60.0 Å². The molecule has 3 aromatic heterocycles. The minimum atomic E-state index is 1.20. The maximum absolute atomic E-state index is 2.41. The Morgan fingerprint density at radius 3 is 2.12 bits per heavy atom. The van der Waals surface area contributed by atoms with Crippen molar-refractivity contribution in [1.29, 1.82) is 0 Å². The molecule has 0 aliphatic carbocycles. The van der Waals surface area contributed by atoms with Crippen molar-refractivity contribution in [2.75, 3.05) is 0 Å². The second kappa shape index (κ2) is 6.49. The van der Waals surface area contributed by atoms with Crippen molar-refractivity contribution in [2.24, 2.45) is 7.05 Å². The zero-order chi connectivity index (χ0) is 22.4. The standard InChI is InChI=1S/C31H20N2S/c1-32-25-13-7-6-12-22(25)30-27(32)16-15-21-24-17-28-23(18-29(24)34-31(21)30)20-11-5-8-14-26(20)33(28)19-9-3-2-4-10-19/h2-18H,1H3. The molecule has 0 amide bonds. The second-order valence-electron chi connectivity index (χ2n) is 9.07. The molecule has 0 saturated heterocycles. The Balaban J connectivity index is 1.57. The molecule has 0 aliphatic rings. The number of aromatic nitrogens is 2. The first-order chi connectivity index (χ1) is 16.8. The monoisotopic (exact) mass is 452 g/mol. The van der Waals surface area contributed by atoms with Gasteiger partial charge in [-0.1, -0.05) is 60.7 Å². The highest BCUT2D eigenvalue weighted by Crippen LogP contribution is 2.44. The highest BCUT2D eigenvalue weighted by molar-refractivity contribution is 7.26. The van der Waals surface area contributed by atoms with Gasteiger partial charge in [0.1, 0.15) is 0 Å². The van der Waals surface area contributed by atoms with E-state index in [1.165, 1.54) is 69.5 Å². The number of hydrogen-bond acceptors (Lipinski definition) is 1. The maximum Gasteiger partial charge on any atom is 0.0548 e. The van der Waals surface area contributed by atoms with E-state index in [1.54, 1.807) is 0 Å². The van der Waals surface area contributed by atoms with Gasteiger partial charge < -0.3 is 9.13 Å². The summed E-state index contributed by atoms with van der Waals surface area (Å²) in [7, 11) is 2.17. The van der Waals surface area contributed by atoms with Crippen LogP contribution in [0, 0.1) is 0 Å². The van der Waals surface area contributed by atoms with Crippen LogP contribution in [0.25, 0.3) is 69.5 Å². The Labute approximate surface area is 199 Å². The first-order valence-electron chi connectivity index (χ1n) is 11.6. The summed E-state index contributed by atoms with van der Waals surface area (Å²) in [5.41, 5.74) is 6.29. The molecule has 5 aromatic carbocycles. The number of aryl methyl sites for hydroxylation is 1. The molecule has 0 spiro atoms. The summed E-state index contributed by atoms with van der Waals surface area (Å²) in [6.45, 7) is 0. The van der Waals surface area contributed by atoms with E-state index >= 15 is 0 Å². The van der Waals surface area contributed by atoms with E-state index in [0.717, 1.165) is 0 Å². The molecular weight excluding hydrogens is 432 g/mol. The van der Waals surface area contributed by atoms with Gasteiger partial charge in [0.15, 0.2) is 0 Å². The molecule has 0 fully saturated rings. The Bertz CT molecular complexity index is 2070. The number of benzene rings is 5. The van der Waals surface area contributed by atoms with Crippen LogP contribution in [-0.2, 0) is 7.05 Å². The minimum Gasteiger partial charge on any atom is -0.344 e. The average molecular weight is 453 g/mol. The van der Waals surface area contributed by atoms with Crippen LogP contribution in [0.1, 0.15) is 0 Å². The van der Waals surface area contributed by atoms with E-state index in [2.05, 4.69) is 119 Å². The van der Waals surface area contributed by atoms with Gasteiger partial charge in [-0.15, -0.1) is 11.3 Å². The second-order valence-corrected chi connectivity index (χ2v) is 10.1. The predicted molar refractivity (Wildman–Crippen MR) is 148 cm³/mol. The van der Waals surface area contributed by atoms with Gasteiger partial charge in [0.05, 0.1) is 16.6 Å². The van der Waals surface area contributed by atoms with Gasteiger partial charge in [0.25, 0.3) is 0 Å². The van der Waals surface area contributed by atoms with Crippen LogP contribution in [0.5, 0.6) is 0 Å². The van der Waals surface area contributed by atoms with Crippen molar-refractivity contribution in [3.05, 3.63) is 103 Å². The number of nitrogens with zero attached hydrogens (tertiary/aromatic N) is 2. The number of fused-ring (bicyclic) bond motifs is 10. The zero-order valence-corrected chi connectivity index (χ0v) is 19.4. The van der Waals surface area contributed by atoms with Gasteiger partial charge >= 0.3 is 0 Å². The van der Waals surface area contributed by atoms with E-state index in [0.29, 0.717) is 0 Å². The zero-order valence-electron chi connectivity index (χ0n) is 18.6. The van der Waals surface area contributed by atoms with Crippen molar-refractivity contribution >= 4 is 75.1 Å². The quantitative estimate of drug-likeness (QED) is 0.235. The lowest BCUT2D eigenvalue weighted by atomic mass is 10.1. The van der Waals surface area contributed by atoms with Crippen LogP contribution in [0.15, 0.2) is 103 Å². The van der Waals surface area contributed by atoms with Crippen molar-refractivity contribution in [2.45, 2.75) is 0 Å². The summed E-state index contributed by atoms with van der Waals surface area (Å²) in [6, 6.07) is 37.7. The molecule has 3 heteroatoms. The fourth-order valence-corrected chi connectivity index (χ4v) is 7.07. The number of rotatable bonds is 1. The lowest BCUT2D eigenvalue weighted by Crippen LogP contribution is -1.92. The van der Waals surface area contributed by atoms with E-state index in [4.69, 9.17) is 0 Å². The number of thiophene rings is 1. The van der Waals surface area contributed by atoms with Crippen molar-refractivity contribution < 1.29 is 0 Å². The Morgan fingerprint density at radius 2 is 1.26 bits per heavy atom. The van der Waals surface area contributed by atoms with Crippen molar-refractivity contribution in [3.63, 3.8) is 0 Å². The smallest absolute Gasteiger partial charge is 0.0548 e. The normalized spacial score (nSPS) is 12.3. The summed E-state index contributed by atoms with van der Waals surface area (Å²) in [4.78, 5) is 0. The van der Waals surface area contributed by atoms with Crippen molar-refractivity contribution in [1.82, 2.24) is 9.13 Å². The highest BCUT2D eigenvalue weighted by atomic mass is 32.1. The maximum atomic E-state index is 2.41. The Morgan fingerprint density at radius 1 is 0.529 bits per heavy atom.